The maximum absolute atomic E-state index is 12.4. The van der Waals surface area contributed by atoms with Gasteiger partial charge in [0.05, 0.1) is 16.8 Å². The Balaban J connectivity index is 1.75. The van der Waals surface area contributed by atoms with E-state index in [1.165, 1.54) is 0 Å². The van der Waals surface area contributed by atoms with Gasteiger partial charge in [-0.1, -0.05) is 35.3 Å². The minimum atomic E-state index is -0.314. The van der Waals surface area contributed by atoms with Gasteiger partial charge in [-0.2, -0.15) is 0 Å². The molecule has 1 N–H and O–H groups in total. The maximum Gasteiger partial charge on any atom is 0.262 e. The molecule has 0 spiro atoms. The molecule has 1 amide bonds. The van der Waals surface area contributed by atoms with E-state index in [2.05, 4.69) is 26.2 Å². The number of ether oxygens (including phenoxy) is 2. The Morgan fingerprint density at radius 2 is 1.82 bits per heavy atom. The predicted molar refractivity (Wildman–Crippen MR) is 139 cm³/mol. The van der Waals surface area contributed by atoms with Crippen molar-refractivity contribution in [2.24, 2.45) is 4.99 Å². The van der Waals surface area contributed by atoms with Gasteiger partial charge in [-0.05, 0) is 89.8 Å². The molecule has 33 heavy (non-hydrogen) atoms. The Kier molecular flexibility index (Phi) is 8.78. The Morgan fingerprint density at radius 1 is 1.06 bits per heavy atom. The Labute approximate surface area is 211 Å². The highest BCUT2D eigenvalue weighted by Crippen LogP contribution is 2.37. The first-order valence-corrected chi connectivity index (χ1v) is 11.8. The second-order valence-electron chi connectivity index (χ2n) is 7.25. The summed E-state index contributed by atoms with van der Waals surface area (Å²) in [4.78, 5) is 16.9. The quantitative estimate of drug-likeness (QED) is 0.295. The largest absolute Gasteiger partial charge is 0.490 e. The number of nitrogens with one attached hydrogen (secondary N) is 1. The van der Waals surface area contributed by atoms with Crippen molar-refractivity contribution >= 4 is 62.6 Å². The summed E-state index contributed by atoms with van der Waals surface area (Å²) >= 11 is 15.7. The van der Waals surface area contributed by atoms with Crippen molar-refractivity contribution < 1.29 is 14.3 Å². The molecule has 0 saturated carbocycles. The summed E-state index contributed by atoms with van der Waals surface area (Å²) in [5, 5.41) is 3.98. The van der Waals surface area contributed by atoms with E-state index in [4.69, 9.17) is 32.7 Å². The van der Waals surface area contributed by atoms with E-state index in [0.29, 0.717) is 38.3 Å². The molecule has 0 unspecified atom stereocenters. The van der Waals surface area contributed by atoms with Crippen molar-refractivity contribution in [3.8, 4) is 11.5 Å². The number of hydrogen-bond donors (Lipinski definition) is 1. The third-order valence-corrected chi connectivity index (χ3v) is 5.89. The highest BCUT2D eigenvalue weighted by molar-refractivity contribution is 9.10. The summed E-state index contributed by atoms with van der Waals surface area (Å²) in [5.41, 5.74) is 4.14. The van der Waals surface area contributed by atoms with Gasteiger partial charge in [0.25, 0.3) is 5.91 Å². The van der Waals surface area contributed by atoms with E-state index in [9.17, 15) is 4.79 Å². The Bertz CT molecular complexity index is 1200. The summed E-state index contributed by atoms with van der Waals surface area (Å²) in [7, 11) is 0. The van der Waals surface area contributed by atoms with Gasteiger partial charge in [-0.25, -0.2) is 0 Å². The standard InChI is InChI=1S/C25H23BrCl2N2O3/c1-4-32-23-10-17(13-29-22-11-18(27)7-5-16(22)3)9-20(26)25(23)33-14-24(31)30-19-8-6-15(2)21(28)12-19/h5-13H,4,14H2,1-3H3,(H,30,31). The first-order chi connectivity index (χ1) is 15.8. The van der Waals surface area contributed by atoms with Crippen LogP contribution in [0.4, 0.5) is 11.4 Å². The lowest BCUT2D eigenvalue weighted by Crippen LogP contribution is -2.20. The van der Waals surface area contributed by atoms with Gasteiger partial charge in [0.15, 0.2) is 18.1 Å². The van der Waals surface area contributed by atoms with Crippen molar-refractivity contribution in [1.29, 1.82) is 0 Å². The molecule has 0 aromatic heterocycles. The SMILES string of the molecule is CCOc1cc(C=Nc2cc(Cl)ccc2C)cc(Br)c1OCC(=O)Nc1ccc(C)c(Cl)c1. The lowest BCUT2D eigenvalue weighted by molar-refractivity contribution is -0.118. The highest BCUT2D eigenvalue weighted by Gasteiger charge is 2.14. The molecule has 0 saturated heterocycles. The van der Waals surface area contributed by atoms with Crippen LogP contribution in [0.2, 0.25) is 10.0 Å². The fourth-order valence-electron chi connectivity index (χ4n) is 2.94. The molecule has 0 aliphatic rings. The highest BCUT2D eigenvalue weighted by atomic mass is 79.9. The van der Waals surface area contributed by atoms with Crippen molar-refractivity contribution in [3.63, 3.8) is 0 Å². The van der Waals surface area contributed by atoms with Gasteiger partial charge in [0.2, 0.25) is 0 Å². The predicted octanol–water partition coefficient (Wildman–Crippen LogP) is 7.54. The molecule has 0 fully saturated rings. The van der Waals surface area contributed by atoms with Crippen LogP contribution in [0.25, 0.3) is 0 Å². The van der Waals surface area contributed by atoms with E-state index in [0.717, 1.165) is 22.4 Å². The van der Waals surface area contributed by atoms with Crippen LogP contribution in [0.1, 0.15) is 23.6 Å². The molecule has 0 bridgehead atoms. The number of amides is 1. The van der Waals surface area contributed by atoms with Gasteiger partial charge in [-0.15, -0.1) is 0 Å². The lowest BCUT2D eigenvalue weighted by atomic mass is 10.2. The fourth-order valence-corrected chi connectivity index (χ4v) is 3.86. The maximum atomic E-state index is 12.4. The third kappa shape index (κ3) is 6.97. The summed E-state index contributed by atoms with van der Waals surface area (Å²) in [6.07, 6.45) is 1.73. The molecule has 0 aliphatic heterocycles. The topological polar surface area (TPSA) is 59.9 Å². The average Bonchev–Trinajstić information content (AvgIpc) is 2.76. The second-order valence-corrected chi connectivity index (χ2v) is 8.95. The zero-order valence-corrected chi connectivity index (χ0v) is 21.5. The van der Waals surface area contributed by atoms with Crippen molar-refractivity contribution in [1.82, 2.24) is 0 Å². The Hall–Kier alpha value is -2.54. The molecule has 0 aliphatic carbocycles. The van der Waals surface area contributed by atoms with Crippen molar-refractivity contribution in [2.75, 3.05) is 18.5 Å². The van der Waals surface area contributed by atoms with E-state index >= 15 is 0 Å². The molecule has 0 heterocycles. The second kappa shape index (κ2) is 11.5. The molecule has 0 radical (unpaired) electrons. The number of halogens is 3. The zero-order valence-electron chi connectivity index (χ0n) is 18.4. The van der Waals surface area contributed by atoms with Gasteiger partial charge >= 0.3 is 0 Å². The molecular weight excluding hydrogens is 527 g/mol. The number of benzene rings is 3. The van der Waals surface area contributed by atoms with Crippen LogP contribution in [-0.2, 0) is 4.79 Å². The average molecular weight is 550 g/mol. The molecule has 0 atom stereocenters. The number of anilines is 1. The molecule has 172 valence electrons. The number of carbonyl (C=O) groups excluding carboxylic acids is 1. The van der Waals surface area contributed by atoms with Crippen LogP contribution in [0.5, 0.6) is 11.5 Å². The summed E-state index contributed by atoms with van der Waals surface area (Å²) in [6, 6.07) is 14.5. The fraction of sp³-hybridized carbons (Fsp3) is 0.200. The van der Waals surface area contributed by atoms with Crippen LogP contribution in [-0.4, -0.2) is 25.3 Å². The van der Waals surface area contributed by atoms with E-state index in [1.807, 2.05) is 57.2 Å². The van der Waals surface area contributed by atoms with Crippen LogP contribution >= 0.6 is 39.1 Å². The number of carbonyl (C=O) groups is 1. The molecule has 5 nitrogen and oxygen atoms in total. The van der Waals surface area contributed by atoms with Gasteiger partial charge in [0.1, 0.15) is 0 Å². The number of hydrogen-bond acceptors (Lipinski definition) is 4. The minimum Gasteiger partial charge on any atom is -0.490 e. The number of aryl methyl sites for hydroxylation is 2. The van der Waals surface area contributed by atoms with Gasteiger partial charge in [0, 0.05) is 21.9 Å². The normalized spacial score (nSPS) is 11.0. The molecular formula is C25H23BrCl2N2O3. The third-order valence-electron chi connectivity index (χ3n) is 4.66. The van der Waals surface area contributed by atoms with Gasteiger partial charge in [-0.3, -0.25) is 9.79 Å². The number of rotatable bonds is 8. The molecule has 3 rings (SSSR count). The van der Waals surface area contributed by atoms with Crippen molar-refractivity contribution in [2.45, 2.75) is 20.8 Å². The zero-order chi connectivity index (χ0) is 24.0. The van der Waals surface area contributed by atoms with Crippen molar-refractivity contribution in [3.05, 3.63) is 79.7 Å². The summed E-state index contributed by atoms with van der Waals surface area (Å²) < 4.78 is 12.2. The van der Waals surface area contributed by atoms with Crippen LogP contribution in [0.15, 0.2) is 58.0 Å². The first-order valence-electron chi connectivity index (χ1n) is 10.2. The monoisotopic (exact) mass is 548 g/mol. The summed E-state index contributed by atoms with van der Waals surface area (Å²) in [5.74, 6) is 0.624. The first kappa shape index (κ1) is 25.1. The van der Waals surface area contributed by atoms with E-state index in [1.54, 1.807) is 18.3 Å². The van der Waals surface area contributed by atoms with Crippen LogP contribution < -0.4 is 14.8 Å². The van der Waals surface area contributed by atoms with Gasteiger partial charge < -0.3 is 14.8 Å². The number of aliphatic imine (C=N–C) groups is 1. The minimum absolute atomic E-state index is 0.195. The summed E-state index contributed by atoms with van der Waals surface area (Å²) in [6.45, 7) is 5.98. The van der Waals surface area contributed by atoms with Crippen LogP contribution in [0, 0.1) is 13.8 Å². The van der Waals surface area contributed by atoms with E-state index < -0.39 is 0 Å². The Morgan fingerprint density at radius 3 is 2.55 bits per heavy atom. The van der Waals surface area contributed by atoms with Crippen LogP contribution in [0.3, 0.4) is 0 Å². The molecule has 8 heteroatoms. The molecule has 3 aromatic rings. The lowest BCUT2D eigenvalue weighted by Gasteiger charge is -2.15. The molecule has 3 aromatic carbocycles. The van der Waals surface area contributed by atoms with E-state index in [-0.39, 0.29) is 12.5 Å². The number of nitrogens with zero attached hydrogens (tertiary/aromatic N) is 1. The smallest absolute Gasteiger partial charge is 0.262 e.